The molecule has 0 radical (unpaired) electrons. The van der Waals surface area contributed by atoms with E-state index >= 15 is 0 Å². The number of carbonyl (C=O) groups is 1. The second-order valence-electron chi connectivity index (χ2n) is 12.3. The predicted molar refractivity (Wildman–Crippen MR) is 241 cm³/mol. The summed E-state index contributed by atoms with van der Waals surface area (Å²) in [6.45, 7) is 7.60. The number of nitrogens with two attached hydrogens (primary N) is 1. The van der Waals surface area contributed by atoms with Crippen LogP contribution in [0.25, 0.3) is 32.9 Å². The molecule has 0 saturated heterocycles. The number of ether oxygens (including phenoxy) is 3. The van der Waals surface area contributed by atoms with Gasteiger partial charge in [0.2, 0.25) is 0 Å². The van der Waals surface area contributed by atoms with Crippen molar-refractivity contribution in [3.63, 3.8) is 0 Å². The number of aromatic hydroxyl groups is 1. The molecule has 3 heterocycles. The molecule has 12 heteroatoms. The largest absolute Gasteiger partial charge is 0.508 e. The summed E-state index contributed by atoms with van der Waals surface area (Å²) in [6, 6.07) is 37.7. The van der Waals surface area contributed by atoms with Gasteiger partial charge in [-0.05, 0) is 141 Å². The molecule has 0 amide bonds. The third kappa shape index (κ3) is 15.6. The zero-order chi connectivity index (χ0) is 41.7. The molecule has 0 spiro atoms. The number of phenols is 1. The first-order valence-electron chi connectivity index (χ1n) is 18.5. The Hall–Kier alpha value is -4.69. The number of furan rings is 3. The first-order chi connectivity index (χ1) is 28.1. The smallest absolute Gasteiger partial charge is 0.191 e. The maximum atomic E-state index is 10.3. The minimum atomic E-state index is -0.293. The summed E-state index contributed by atoms with van der Waals surface area (Å²) in [5, 5.41) is 12.0. The summed E-state index contributed by atoms with van der Waals surface area (Å²) in [7, 11) is 0. The van der Waals surface area contributed by atoms with Crippen molar-refractivity contribution >= 4 is 87.0 Å². The predicted octanol–water partition coefficient (Wildman–Crippen LogP) is 13.7. The molecule has 8 rings (SSSR count). The first kappa shape index (κ1) is 46.0. The molecular weight excluding hydrogens is 934 g/mol. The van der Waals surface area contributed by atoms with Gasteiger partial charge in [-0.1, -0.05) is 60.8 Å². The van der Waals surface area contributed by atoms with Gasteiger partial charge in [0, 0.05) is 54.4 Å². The second-order valence-corrected chi connectivity index (χ2v) is 15.0. The van der Waals surface area contributed by atoms with Crippen LogP contribution < -0.4 is 10.5 Å². The minimum Gasteiger partial charge on any atom is -0.508 e. The highest BCUT2D eigenvalue weighted by Gasteiger charge is 2.09. The van der Waals surface area contributed by atoms with Gasteiger partial charge in [-0.15, -0.1) is 0 Å². The second kappa shape index (κ2) is 24.9. The third-order valence-corrected chi connectivity index (χ3v) is 9.65. The summed E-state index contributed by atoms with van der Waals surface area (Å²) in [4.78, 5) is 10.3. The number of aldehydes is 1. The molecule has 0 fully saturated rings. The fraction of sp³-hybridized carbons (Fsp3) is 0.196. The van der Waals surface area contributed by atoms with Crippen LogP contribution in [-0.4, -0.2) is 37.5 Å². The van der Waals surface area contributed by atoms with E-state index in [-0.39, 0.29) is 12.3 Å². The Kier molecular flexibility index (Phi) is 19.8. The van der Waals surface area contributed by atoms with Crippen LogP contribution >= 0.6 is 47.8 Å². The van der Waals surface area contributed by atoms with Crippen molar-refractivity contribution < 1.29 is 37.4 Å². The normalized spacial score (nSPS) is 11.0. The van der Waals surface area contributed by atoms with Crippen LogP contribution in [0.2, 0.25) is 0 Å². The number of halogens is 3. The van der Waals surface area contributed by atoms with Gasteiger partial charge in [0.05, 0.1) is 18.8 Å². The Bertz CT molecular complexity index is 2340. The topological polar surface area (TPSA) is 130 Å². The highest BCUT2D eigenvalue weighted by atomic mass is 79.9. The van der Waals surface area contributed by atoms with E-state index in [0.717, 1.165) is 64.8 Å². The Morgan fingerprint density at radius 2 is 1.10 bits per heavy atom. The van der Waals surface area contributed by atoms with Gasteiger partial charge in [-0.2, -0.15) is 0 Å². The van der Waals surface area contributed by atoms with Crippen LogP contribution in [0, 0.1) is 0 Å². The molecule has 8 aromatic rings. The number of benzene rings is 5. The lowest BCUT2D eigenvalue weighted by Crippen LogP contribution is -2.25. The van der Waals surface area contributed by atoms with Gasteiger partial charge in [-0.25, -0.2) is 0 Å². The van der Waals surface area contributed by atoms with E-state index in [4.69, 9.17) is 38.3 Å². The number of hydrogen-bond acceptors (Lipinski definition) is 9. The molecule has 1 unspecified atom stereocenters. The minimum absolute atomic E-state index is 0.138. The van der Waals surface area contributed by atoms with Crippen LogP contribution in [0.4, 0.5) is 0 Å². The molecule has 304 valence electrons. The molecule has 58 heavy (non-hydrogen) atoms. The van der Waals surface area contributed by atoms with E-state index < -0.39 is 0 Å². The van der Waals surface area contributed by atoms with Gasteiger partial charge in [0.25, 0.3) is 0 Å². The molecule has 0 bridgehead atoms. The van der Waals surface area contributed by atoms with Crippen LogP contribution in [0.15, 0.2) is 167 Å². The number of rotatable bonds is 10. The van der Waals surface area contributed by atoms with Crippen molar-refractivity contribution in [2.75, 3.05) is 19.8 Å². The fourth-order valence-corrected chi connectivity index (χ4v) is 6.01. The van der Waals surface area contributed by atoms with E-state index in [1.54, 1.807) is 61.3 Å². The van der Waals surface area contributed by atoms with Gasteiger partial charge in [0.15, 0.2) is 6.29 Å². The average molecular weight is 981 g/mol. The summed E-state index contributed by atoms with van der Waals surface area (Å²) in [6.07, 6.45) is 6.50. The van der Waals surface area contributed by atoms with Crippen LogP contribution in [0.5, 0.6) is 11.5 Å². The quantitative estimate of drug-likeness (QED) is 0.102. The SMILES string of the molecule is Brc1ccc2occc2c1.CCC(N)c1ccc2occc2c1.CCOC(COc1ccc(Br)cc1)OCC.O=Cc1ccc2occc2c1.Oc1ccc(Br)cc1. The van der Waals surface area contributed by atoms with E-state index in [1.807, 2.05) is 86.6 Å². The molecular formula is C46H46Br3NO8. The number of carbonyl (C=O) groups excluding carboxylic acids is 1. The van der Waals surface area contributed by atoms with Crippen molar-refractivity contribution in [1.29, 1.82) is 0 Å². The van der Waals surface area contributed by atoms with Gasteiger partial charge < -0.3 is 38.3 Å². The Labute approximate surface area is 363 Å². The van der Waals surface area contributed by atoms with Gasteiger partial charge >= 0.3 is 0 Å². The number of hydrogen-bond donors (Lipinski definition) is 2. The Morgan fingerprint density at radius 1 is 0.621 bits per heavy atom. The highest BCUT2D eigenvalue weighted by molar-refractivity contribution is 9.11. The molecule has 0 aliphatic heterocycles. The van der Waals surface area contributed by atoms with Crippen LogP contribution in [0.3, 0.4) is 0 Å². The zero-order valence-corrected chi connectivity index (χ0v) is 37.1. The van der Waals surface area contributed by atoms with Crippen molar-refractivity contribution in [2.45, 2.75) is 39.5 Å². The summed E-state index contributed by atoms with van der Waals surface area (Å²) >= 11 is 9.98. The average Bonchev–Trinajstić information content (AvgIpc) is 4.03. The maximum absolute atomic E-state index is 10.3. The van der Waals surface area contributed by atoms with E-state index in [0.29, 0.717) is 31.1 Å². The van der Waals surface area contributed by atoms with Crippen LogP contribution in [-0.2, 0) is 9.47 Å². The third-order valence-electron chi connectivity index (χ3n) is 8.10. The highest BCUT2D eigenvalue weighted by Crippen LogP contribution is 2.22. The molecule has 9 nitrogen and oxygen atoms in total. The lowest BCUT2D eigenvalue weighted by atomic mass is 10.0. The molecule has 5 aromatic carbocycles. The van der Waals surface area contributed by atoms with Gasteiger partial charge in [-0.3, -0.25) is 4.79 Å². The van der Waals surface area contributed by atoms with E-state index in [2.05, 4.69) is 60.8 Å². The van der Waals surface area contributed by atoms with Crippen molar-refractivity contribution in [3.8, 4) is 11.5 Å². The molecule has 0 saturated carbocycles. The lowest BCUT2D eigenvalue weighted by Gasteiger charge is -2.17. The van der Waals surface area contributed by atoms with Crippen molar-refractivity contribution in [2.24, 2.45) is 5.73 Å². The molecule has 0 aliphatic carbocycles. The van der Waals surface area contributed by atoms with Crippen LogP contribution in [0.1, 0.15) is 49.2 Å². The van der Waals surface area contributed by atoms with E-state index in [1.165, 1.54) is 5.56 Å². The number of fused-ring (bicyclic) bond motifs is 3. The van der Waals surface area contributed by atoms with Crippen molar-refractivity contribution in [1.82, 2.24) is 0 Å². The zero-order valence-electron chi connectivity index (χ0n) is 32.4. The first-order valence-corrected chi connectivity index (χ1v) is 20.8. The molecule has 3 N–H and O–H groups in total. The summed E-state index contributed by atoms with van der Waals surface area (Å²) < 4.78 is 34.9. The summed E-state index contributed by atoms with van der Waals surface area (Å²) in [5.41, 5.74) is 10.5. The van der Waals surface area contributed by atoms with Gasteiger partial charge in [0.1, 0.15) is 41.1 Å². The molecule has 1 atom stereocenters. The fourth-order valence-electron chi connectivity index (χ4n) is 5.10. The monoisotopic (exact) mass is 977 g/mol. The summed E-state index contributed by atoms with van der Waals surface area (Å²) in [5.74, 6) is 1.11. The van der Waals surface area contributed by atoms with Crippen molar-refractivity contribution in [3.05, 3.63) is 165 Å². The standard InChI is InChI=1S/C12H17BrO3.C11H13NO.C9H6O2.C8H5BrO.C6H5BrO/c1-3-14-12(15-4-2)9-16-11-7-5-10(13)6-8-11;1-2-10(12)8-3-4-11-9(7-8)5-6-13-11;10-6-7-1-2-9-8(5-7)3-4-11-9;9-7-1-2-8-6(5-7)3-4-10-8;7-5-1-3-6(8)4-2-5/h5-8,12H,3-4,9H2,1-2H3;3-7,10H,2,12H2,1H3;1-6H;1-5H;1-4,8H. The Morgan fingerprint density at radius 3 is 1.62 bits per heavy atom. The molecule has 3 aromatic heterocycles. The Balaban J connectivity index is 0.000000163. The lowest BCUT2D eigenvalue weighted by molar-refractivity contribution is -0.152. The maximum Gasteiger partial charge on any atom is 0.191 e. The van der Waals surface area contributed by atoms with E-state index in [9.17, 15) is 4.79 Å². The molecule has 0 aliphatic rings. The number of phenolic OH excluding ortho intramolecular Hbond substituents is 1.